The lowest BCUT2D eigenvalue weighted by Crippen LogP contribution is -2.25. The van der Waals surface area contributed by atoms with E-state index < -0.39 is 0 Å². The van der Waals surface area contributed by atoms with Gasteiger partial charge < -0.3 is 10.6 Å². The Labute approximate surface area is 121 Å². The number of hydrogen-bond donors (Lipinski definition) is 1. The maximum absolute atomic E-state index is 13.6. The van der Waals surface area contributed by atoms with Crippen LogP contribution in [-0.2, 0) is 0 Å². The number of aromatic nitrogens is 3. The SMILES string of the molecule is CCN(CC)c1nc(N)nc(Sc2ccccc2F)n1. The van der Waals surface area contributed by atoms with Crippen molar-refractivity contribution in [1.29, 1.82) is 0 Å². The van der Waals surface area contributed by atoms with Crippen molar-refractivity contribution in [2.45, 2.75) is 23.9 Å². The van der Waals surface area contributed by atoms with E-state index in [1.165, 1.54) is 6.07 Å². The van der Waals surface area contributed by atoms with Crippen molar-refractivity contribution in [2.24, 2.45) is 0 Å². The molecular weight excluding hydrogens is 277 g/mol. The highest BCUT2D eigenvalue weighted by atomic mass is 32.2. The topological polar surface area (TPSA) is 67.9 Å². The van der Waals surface area contributed by atoms with E-state index >= 15 is 0 Å². The van der Waals surface area contributed by atoms with Crippen LogP contribution in [0.3, 0.4) is 0 Å². The third-order valence-electron chi connectivity index (χ3n) is 2.70. The first kappa shape index (κ1) is 14.5. The Morgan fingerprint density at radius 2 is 1.85 bits per heavy atom. The Morgan fingerprint density at radius 1 is 1.15 bits per heavy atom. The first-order valence-corrected chi connectivity index (χ1v) is 7.14. The first-order chi connectivity index (χ1) is 9.63. The van der Waals surface area contributed by atoms with Crippen LogP contribution in [0.2, 0.25) is 0 Å². The first-order valence-electron chi connectivity index (χ1n) is 6.33. The summed E-state index contributed by atoms with van der Waals surface area (Å²) in [5, 5.41) is 0.393. The molecule has 5 nitrogen and oxygen atoms in total. The van der Waals surface area contributed by atoms with E-state index in [0.29, 0.717) is 16.0 Å². The highest BCUT2D eigenvalue weighted by Crippen LogP contribution is 2.28. The van der Waals surface area contributed by atoms with Gasteiger partial charge >= 0.3 is 0 Å². The van der Waals surface area contributed by atoms with Gasteiger partial charge in [-0.25, -0.2) is 4.39 Å². The average Bonchev–Trinajstić information content (AvgIpc) is 2.42. The summed E-state index contributed by atoms with van der Waals surface area (Å²) in [5.41, 5.74) is 5.70. The summed E-state index contributed by atoms with van der Waals surface area (Å²) in [6.45, 7) is 5.55. The lowest BCUT2D eigenvalue weighted by Gasteiger charge is -2.18. The predicted octanol–water partition coefficient (Wildman–Crippen LogP) is 2.59. The summed E-state index contributed by atoms with van der Waals surface area (Å²) >= 11 is 1.14. The number of anilines is 2. The van der Waals surface area contributed by atoms with Gasteiger partial charge in [0.15, 0.2) is 5.16 Å². The van der Waals surface area contributed by atoms with Crippen molar-refractivity contribution in [3.8, 4) is 0 Å². The molecule has 1 aromatic carbocycles. The summed E-state index contributed by atoms with van der Waals surface area (Å²) in [6, 6.07) is 6.49. The van der Waals surface area contributed by atoms with Gasteiger partial charge in [0.1, 0.15) is 5.82 Å². The molecule has 1 aromatic heterocycles. The molecule has 0 atom stereocenters. The minimum absolute atomic E-state index is 0.140. The molecule has 0 saturated heterocycles. The number of halogens is 1. The van der Waals surface area contributed by atoms with Gasteiger partial charge in [-0.05, 0) is 37.7 Å². The molecule has 2 aromatic rings. The van der Waals surface area contributed by atoms with Gasteiger partial charge in [-0.3, -0.25) is 0 Å². The van der Waals surface area contributed by atoms with Crippen LogP contribution in [0, 0.1) is 5.82 Å². The Hall–Kier alpha value is -1.89. The van der Waals surface area contributed by atoms with Crippen LogP contribution in [0.4, 0.5) is 16.3 Å². The summed E-state index contributed by atoms with van der Waals surface area (Å²) in [4.78, 5) is 14.9. The molecule has 0 bridgehead atoms. The van der Waals surface area contributed by atoms with Crippen LogP contribution in [0.1, 0.15) is 13.8 Å². The summed E-state index contributed by atoms with van der Waals surface area (Å²) in [5.74, 6) is 0.350. The molecule has 0 radical (unpaired) electrons. The van der Waals surface area contributed by atoms with E-state index in [1.807, 2.05) is 18.7 Å². The van der Waals surface area contributed by atoms with E-state index in [9.17, 15) is 4.39 Å². The Bertz CT molecular complexity index is 589. The second kappa shape index (κ2) is 6.51. The van der Waals surface area contributed by atoms with Gasteiger partial charge in [0.25, 0.3) is 0 Å². The third kappa shape index (κ3) is 3.36. The van der Waals surface area contributed by atoms with Crippen LogP contribution >= 0.6 is 11.8 Å². The summed E-state index contributed by atoms with van der Waals surface area (Å²) < 4.78 is 13.6. The fraction of sp³-hybridized carbons (Fsp3) is 0.308. The van der Waals surface area contributed by atoms with E-state index in [1.54, 1.807) is 18.2 Å². The van der Waals surface area contributed by atoms with Crippen LogP contribution < -0.4 is 10.6 Å². The van der Waals surface area contributed by atoms with Crippen molar-refractivity contribution in [1.82, 2.24) is 15.0 Å². The minimum atomic E-state index is -0.305. The summed E-state index contributed by atoms with van der Waals surface area (Å²) in [6.07, 6.45) is 0. The van der Waals surface area contributed by atoms with Gasteiger partial charge in [0.2, 0.25) is 11.9 Å². The summed E-state index contributed by atoms with van der Waals surface area (Å²) in [7, 11) is 0. The zero-order valence-electron chi connectivity index (χ0n) is 11.4. The van der Waals surface area contributed by atoms with Gasteiger partial charge in [0.05, 0.1) is 4.90 Å². The van der Waals surface area contributed by atoms with Crippen LogP contribution in [0.25, 0.3) is 0 Å². The van der Waals surface area contributed by atoms with Crippen LogP contribution in [-0.4, -0.2) is 28.0 Å². The van der Waals surface area contributed by atoms with Gasteiger partial charge in [-0.2, -0.15) is 15.0 Å². The maximum atomic E-state index is 13.6. The largest absolute Gasteiger partial charge is 0.368 e. The Morgan fingerprint density at radius 3 is 2.50 bits per heavy atom. The van der Waals surface area contributed by atoms with E-state index in [2.05, 4.69) is 15.0 Å². The molecule has 0 unspecified atom stereocenters. The number of rotatable bonds is 5. The Balaban J connectivity index is 2.31. The van der Waals surface area contributed by atoms with Crippen LogP contribution in [0.15, 0.2) is 34.3 Å². The zero-order valence-corrected chi connectivity index (χ0v) is 12.2. The van der Waals surface area contributed by atoms with Crippen molar-refractivity contribution in [3.63, 3.8) is 0 Å². The van der Waals surface area contributed by atoms with E-state index in [4.69, 9.17) is 5.73 Å². The predicted molar refractivity (Wildman–Crippen MR) is 78.3 cm³/mol. The minimum Gasteiger partial charge on any atom is -0.368 e. The molecule has 0 amide bonds. The lowest BCUT2D eigenvalue weighted by molar-refractivity contribution is 0.601. The van der Waals surface area contributed by atoms with Crippen molar-refractivity contribution < 1.29 is 4.39 Å². The Kier molecular flexibility index (Phi) is 4.73. The normalized spacial score (nSPS) is 10.6. The monoisotopic (exact) mass is 293 g/mol. The number of hydrogen-bond acceptors (Lipinski definition) is 6. The van der Waals surface area contributed by atoms with Crippen molar-refractivity contribution in [2.75, 3.05) is 23.7 Å². The van der Waals surface area contributed by atoms with E-state index in [0.717, 1.165) is 24.9 Å². The number of nitrogen functional groups attached to an aromatic ring is 1. The average molecular weight is 293 g/mol. The maximum Gasteiger partial charge on any atom is 0.231 e. The van der Waals surface area contributed by atoms with Crippen molar-refractivity contribution in [3.05, 3.63) is 30.1 Å². The molecule has 0 aliphatic heterocycles. The number of nitrogens with zero attached hydrogens (tertiary/aromatic N) is 4. The van der Waals surface area contributed by atoms with Gasteiger partial charge in [0, 0.05) is 13.1 Å². The molecule has 0 spiro atoms. The lowest BCUT2D eigenvalue weighted by atomic mass is 10.4. The molecule has 7 heteroatoms. The standard InChI is InChI=1S/C13H16FN5S/c1-3-19(4-2)12-16-11(15)17-13(18-12)20-10-8-6-5-7-9(10)14/h5-8H,3-4H2,1-2H3,(H2,15,16,17,18). The van der Waals surface area contributed by atoms with Gasteiger partial charge in [-0.15, -0.1) is 0 Å². The quantitative estimate of drug-likeness (QED) is 0.914. The zero-order chi connectivity index (χ0) is 14.5. The second-order valence-corrected chi connectivity index (χ2v) is 4.99. The fourth-order valence-corrected chi connectivity index (χ4v) is 2.46. The highest BCUT2D eigenvalue weighted by molar-refractivity contribution is 7.99. The fourth-order valence-electron chi connectivity index (χ4n) is 1.68. The molecule has 0 fully saturated rings. The molecule has 0 aliphatic carbocycles. The number of benzene rings is 1. The van der Waals surface area contributed by atoms with Gasteiger partial charge in [-0.1, -0.05) is 12.1 Å². The number of nitrogens with two attached hydrogens (primary N) is 1. The van der Waals surface area contributed by atoms with E-state index in [-0.39, 0.29) is 11.8 Å². The molecule has 106 valence electrons. The molecule has 20 heavy (non-hydrogen) atoms. The molecule has 1 heterocycles. The molecule has 2 N–H and O–H groups in total. The molecule has 0 saturated carbocycles. The van der Waals surface area contributed by atoms with Crippen molar-refractivity contribution >= 4 is 23.7 Å². The smallest absolute Gasteiger partial charge is 0.231 e. The second-order valence-electron chi connectivity index (χ2n) is 3.98. The third-order valence-corrected chi connectivity index (χ3v) is 3.62. The van der Waals surface area contributed by atoms with Crippen LogP contribution in [0.5, 0.6) is 0 Å². The molecule has 2 rings (SSSR count). The molecule has 0 aliphatic rings. The molecular formula is C13H16FN5S. The highest BCUT2D eigenvalue weighted by Gasteiger charge is 2.12.